The van der Waals surface area contributed by atoms with E-state index in [4.69, 9.17) is 33.3 Å². The third-order valence-electron chi connectivity index (χ3n) is 3.29. The van der Waals surface area contributed by atoms with Crippen LogP contribution >= 0.6 is 23.8 Å². The number of rotatable bonds is 2. The summed E-state index contributed by atoms with van der Waals surface area (Å²) in [6, 6.07) is 1.86. The smallest absolute Gasteiger partial charge is 0.260 e. The van der Waals surface area contributed by atoms with Gasteiger partial charge in [-0.1, -0.05) is 11.6 Å². The second-order valence-corrected chi connectivity index (χ2v) is 5.21. The number of amides is 1. The molecule has 1 aromatic carbocycles. The van der Waals surface area contributed by atoms with E-state index in [9.17, 15) is 9.18 Å². The molecule has 0 aliphatic carbocycles. The van der Waals surface area contributed by atoms with E-state index in [2.05, 4.69) is 0 Å². The van der Waals surface area contributed by atoms with E-state index in [0.29, 0.717) is 0 Å². The molecule has 0 radical (unpaired) electrons. The highest BCUT2D eigenvalue weighted by Crippen LogP contribution is 2.35. The molecule has 2 heterocycles. The van der Waals surface area contributed by atoms with Crippen LogP contribution in [0.5, 0.6) is 5.75 Å². The summed E-state index contributed by atoms with van der Waals surface area (Å²) in [5.41, 5.74) is 0.00838. The standard InChI is InChI=1S/C13H10ClFN2O3S/c1-19-11-5-9(8(15)4-7(11)14)17-12(18)10-6-20-3-2-16(10)13(17)21/h2-5,10H,6H2,1H3. The highest BCUT2D eigenvalue weighted by Gasteiger charge is 2.45. The van der Waals surface area contributed by atoms with Crippen molar-refractivity contribution >= 4 is 40.5 Å². The molecule has 110 valence electrons. The van der Waals surface area contributed by atoms with E-state index < -0.39 is 11.9 Å². The highest BCUT2D eigenvalue weighted by molar-refractivity contribution is 7.80. The number of carbonyl (C=O) groups excluding carboxylic acids is 1. The van der Waals surface area contributed by atoms with Crippen molar-refractivity contribution in [1.29, 1.82) is 0 Å². The number of thiocarbonyl (C=S) groups is 1. The fourth-order valence-electron chi connectivity index (χ4n) is 2.25. The third kappa shape index (κ3) is 2.13. The first-order chi connectivity index (χ1) is 10.0. The average molecular weight is 329 g/mol. The molecule has 2 aliphatic heterocycles. The second kappa shape index (κ2) is 5.16. The van der Waals surface area contributed by atoms with Gasteiger partial charge in [0.25, 0.3) is 5.91 Å². The Balaban J connectivity index is 2.07. The molecule has 3 rings (SSSR count). The molecule has 2 aliphatic rings. The molecule has 0 spiro atoms. The zero-order valence-corrected chi connectivity index (χ0v) is 12.4. The molecule has 1 aromatic rings. The molecule has 1 atom stereocenters. The molecule has 8 heteroatoms. The van der Waals surface area contributed by atoms with Gasteiger partial charge in [-0.25, -0.2) is 4.39 Å². The van der Waals surface area contributed by atoms with Crippen molar-refractivity contribution in [2.45, 2.75) is 6.04 Å². The summed E-state index contributed by atoms with van der Waals surface area (Å²) in [5, 5.41) is 0.310. The first-order valence-corrected chi connectivity index (χ1v) is 6.80. The molecular weight excluding hydrogens is 319 g/mol. The van der Waals surface area contributed by atoms with Crippen molar-refractivity contribution in [3.05, 3.63) is 35.4 Å². The number of hydrogen-bond acceptors (Lipinski definition) is 4. The Morgan fingerprint density at radius 3 is 2.95 bits per heavy atom. The largest absolute Gasteiger partial charge is 0.497 e. The number of nitrogens with zero attached hydrogens (tertiary/aromatic N) is 2. The second-order valence-electron chi connectivity index (χ2n) is 4.44. The Morgan fingerprint density at radius 2 is 2.29 bits per heavy atom. The number of ether oxygens (including phenoxy) is 2. The van der Waals surface area contributed by atoms with Crippen molar-refractivity contribution < 1.29 is 18.7 Å². The molecular formula is C13H10ClFN2O3S. The summed E-state index contributed by atoms with van der Waals surface area (Å²) in [5.74, 6) is -0.741. The van der Waals surface area contributed by atoms with Crippen LogP contribution in [0.25, 0.3) is 0 Å². The van der Waals surface area contributed by atoms with Crippen molar-refractivity contribution in [1.82, 2.24) is 4.90 Å². The molecule has 0 N–H and O–H groups in total. The van der Waals surface area contributed by atoms with Gasteiger partial charge in [0.05, 0.1) is 24.1 Å². The van der Waals surface area contributed by atoms with Crippen LogP contribution in [-0.4, -0.2) is 35.7 Å². The Bertz CT molecular complexity index is 667. The van der Waals surface area contributed by atoms with Crippen LogP contribution in [0.2, 0.25) is 5.02 Å². The van der Waals surface area contributed by atoms with Crippen molar-refractivity contribution in [3.63, 3.8) is 0 Å². The van der Waals surface area contributed by atoms with E-state index >= 15 is 0 Å². The number of anilines is 1. The van der Waals surface area contributed by atoms with Crippen molar-refractivity contribution in [2.24, 2.45) is 0 Å². The lowest BCUT2D eigenvalue weighted by atomic mass is 10.2. The fraction of sp³-hybridized carbons (Fsp3) is 0.231. The lowest BCUT2D eigenvalue weighted by molar-refractivity contribution is -0.120. The highest BCUT2D eigenvalue weighted by atomic mass is 35.5. The van der Waals surface area contributed by atoms with Gasteiger partial charge in [-0.05, 0) is 18.3 Å². The Hall–Kier alpha value is -1.86. The molecule has 1 unspecified atom stereocenters. The predicted molar refractivity (Wildman–Crippen MR) is 78.8 cm³/mol. The van der Waals surface area contributed by atoms with Crippen LogP contribution in [-0.2, 0) is 9.53 Å². The summed E-state index contributed by atoms with van der Waals surface area (Å²) < 4.78 is 24.4. The van der Waals surface area contributed by atoms with Crippen molar-refractivity contribution in [3.8, 4) is 5.75 Å². The molecule has 0 aromatic heterocycles. The number of benzene rings is 1. The lowest BCUT2D eigenvalue weighted by Crippen LogP contribution is -2.36. The molecule has 0 saturated carbocycles. The van der Waals surface area contributed by atoms with Crippen LogP contribution < -0.4 is 9.64 Å². The normalized spacial score (nSPS) is 20.6. The van der Waals surface area contributed by atoms with Crippen LogP contribution in [0.4, 0.5) is 10.1 Å². The average Bonchev–Trinajstić information content (AvgIpc) is 2.72. The maximum absolute atomic E-state index is 14.2. The van der Waals surface area contributed by atoms with E-state index in [1.54, 1.807) is 11.1 Å². The minimum absolute atomic E-state index is 0.00838. The van der Waals surface area contributed by atoms with Crippen molar-refractivity contribution in [2.75, 3.05) is 18.6 Å². The van der Waals surface area contributed by atoms with E-state index in [0.717, 1.165) is 11.0 Å². The maximum Gasteiger partial charge on any atom is 0.260 e. The maximum atomic E-state index is 14.2. The van der Waals surface area contributed by atoms with Crippen LogP contribution in [0.15, 0.2) is 24.6 Å². The lowest BCUT2D eigenvalue weighted by Gasteiger charge is -2.22. The SMILES string of the molecule is COc1cc(N2C(=O)C3COC=CN3C2=S)c(F)cc1Cl. The van der Waals surface area contributed by atoms with Gasteiger partial charge in [0.2, 0.25) is 0 Å². The minimum Gasteiger partial charge on any atom is -0.497 e. The zero-order valence-electron chi connectivity index (χ0n) is 10.9. The first-order valence-electron chi connectivity index (χ1n) is 6.02. The molecule has 1 fully saturated rings. The minimum atomic E-state index is -0.652. The van der Waals surface area contributed by atoms with E-state index in [-0.39, 0.29) is 34.1 Å². The predicted octanol–water partition coefficient (Wildman–Crippen LogP) is 2.29. The summed E-state index contributed by atoms with van der Waals surface area (Å²) >= 11 is 11.1. The Morgan fingerprint density at radius 1 is 1.52 bits per heavy atom. The van der Waals surface area contributed by atoms with E-state index in [1.165, 1.54) is 19.4 Å². The number of fused-ring (bicyclic) bond motifs is 1. The van der Waals surface area contributed by atoms with Gasteiger partial charge in [-0.15, -0.1) is 0 Å². The molecule has 1 saturated heterocycles. The van der Waals surface area contributed by atoms with Gasteiger partial charge in [0, 0.05) is 12.3 Å². The quantitative estimate of drug-likeness (QED) is 0.779. The molecule has 1 amide bonds. The van der Waals surface area contributed by atoms with Gasteiger partial charge in [-0.3, -0.25) is 9.69 Å². The summed E-state index contributed by atoms with van der Waals surface area (Å²) in [6.45, 7) is 0.165. The summed E-state index contributed by atoms with van der Waals surface area (Å²) in [6.07, 6.45) is 3.00. The molecule has 21 heavy (non-hydrogen) atoms. The van der Waals surface area contributed by atoms with Gasteiger partial charge < -0.3 is 14.4 Å². The molecule has 0 bridgehead atoms. The molecule has 5 nitrogen and oxygen atoms in total. The van der Waals surface area contributed by atoms with Gasteiger partial charge in [0.1, 0.15) is 24.2 Å². The topological polar surface area (TPSA) is 42.0 Å². The monoisotopic (exact) mass is 328 g/mol. The Labute approximate surface area is 130 Å². The van der Waals surface area contributed by atoms with Crippen LogP contribution in [0.3, 0.4) is 0 Å². The zero-order chi connectivity index (χ0) is 15.1. The van der Waals surface area contributed by atoms with Crippen LogP contribution in [0, 0.1) is 5.82 Å². The van der Waals surface area contributed by atoms with E-state index in [1.807, 2.05) is 0 Å². The number of carbonyl (C=O) groups is 1. The van der Waals surface area contributed by atoms with Crippen LogP contribution in [0.1, 0.15) is 0 Å². The Kier molecular flexibility index (Phi) is 3.46. The number of halogens is 2. The number of hydrogen-bond donors (Lipinski definition) is 0. The van der Waals surface area contributed by atoms with Gasteiger partial charge in [-0.2, -0.15) is 0 Å². The fourth-order valence-corrected chi connectivity index (χ4v) is 2.86. The summed E-state index contributed by atoms with van der Waals surface area (Å²) in [4.78, 5) is 15.1. The number of methoxy groups -OCH3 is 1. The first kappa shape index (κ1) is 14.1. The summed E-state index contributed by atoms with van der Waals surface area (Å²) in [7, 11) is 1.41. The third-order valence-corrected chi connectivity index (χ3v) is 3.98. The van der Waals surface area contributed by atoms with Gasteiger partial charge in [0.15, 0.2) is 5.11 Å². The van der Waals surface area contributed by atoms with Gasteiger partial charge >= 0.3 is 0 Å².